The minimum absolute atomic E-state index is 0.0738. The Morgan fingerprint density at radius 1 is 0.925 bits per heavy atom. The Morgan fingerprint density at radius 2 is 1.48 bits per heavy atom. The first-order valence-corrected chi connectivity index (χ1v) is 14.7. The van der Waals surface area contributed by atoms with Crippen molar-refractivity contribution in [3.8, 4) is 11.1 Å². The molecule has 8 nitrogen and oxygen atoms in total. The summed E-state index contributed by atoms with van der Waals surface area (Å²) in [5.74, 6) is -1.51. The number of nitrogens with zero attached hydrogens (tertiary/aromatic N) is 1. The lowest BCUT2D eigenvalue weighted by Gasteiger charge is -2.29. The molecule has 0 heterocycles. The first-order valence-electron chi connectivity index (χ1n) is 13.2. The molecule has 1 amide bonds. The average molecular weight is 568 g/mol. The zero-order valence-corrected chi connectivity index (χ0v) is 23.3. The van der Waals surface area contributed by atoms with Gasteiger partial charge in [0, 0.05) is 24.7 Å². The number of carbonyl (C=O) groups is 2. The SMILES string of the molecule is C[C@@H](NC(=O)[C@H]1CC[C@H](NS(=O)(=O)c2ccc(-c3ccc(N(C)CC(=O)O)cc3)cc2)CC1)c1ccc(F)cc1. The Morgan fingerprint density at radius 3 is 2.02 bits per heavy atom. The van der Waals surface area contributed by atoms with Gasteiger partial charge in [0.2, 0.25) is 15.9 Å². The largest absolute Gasteiger partial charge is 0.480 e. The predicted octanol–water partition coefficient (Wildman–Crippen LogP) is 4.73. The second-order valence-electron chi connectivity index (χ2n) is 10.3. The van der Waals surface area contributed by atoms with Crippen LogP contribution < -0.4 is 14.9 Å². The van der Waals surface area contributed by atoms with Gasteiger partial charge in [-0.25, -0.2) is 17.5 Å². The Labute approximate surface area is 234 Å². The Balaban J connectivity index is 1.29. The molecule has 1 fully saturated rings. The van der Waals surface area contributed by atoms with Crippen molar-refractivity contribution < 1.29 is 27.5 Å². The number of aliphatic carboxylic acids is 1. The van der Waals surface area contributed by atoms with Crippen LogP contribution in [0.15, 0.2) is 77.7 Å². The van der Waals surface area contributed by atoms with E-state index >= 15 is 0 Å². The number of benzene rings is 3. The summed E-state index contributed by atoms with van der Waals surface area (Å²) in [7, 11) is -2.03. The topological polar surface area (TPSA) is 116 Å². The first-order chi connectivity index (χ1) is 19.0. The monoisotopic (exact) mass is 567 g/mol. The summed E-state index contributed by atoms with van der Waals surface area (Å²) >= 11 is 0. The van der Waals surface area contributed by atoms with Crippen LogP contribution >= 0.6 is 0 Å². The number of nitrogens with one attached hydrogen (secondary N) is 2. The van der Waals surface area contributed by atoms with Crippen molar-refractivity contribution in [2.45, 2.75) is 49.6 Å². The van der Waals surface area contributed by atoms with Gasteiger partial charge in [0.1, 0.15) is 12.4 Å². The highest BCUT2D eigenvalue weighted by molar-refractivity contribution is 7.89. The minimum atomic E-state index is -3.73. The van der Waals surface area contributed by atoms with Crippen LogP contribution in [0, 0.1) is 11.7 Å². The maximum atomic E-state index is 13.2. The molecule has 0 radical (unpaired) electrons. The molecule has 1 aliphatic rings. The van der Waals surface area contributed by atoms with Crippen LogP contribution in [-0.4, -0.2) is 45.0 Å². The van der Waals surface area contributed by atoms with Crippen molar-refractivity contribution in [3.63, 3.8) is 0 Å². The molecular weight excluding hydrogens is 533 g/mol. The zero-order chi connectivity index (χ0) is 28.9. The number of amides is 1. The molecule has 0 saturated heterocycles. The van der Waals surface area contributed by atoms with E-state index in [9.17, 15) is 22.4 Å². The van der Waals surface area contributed by atoms with Crippen LogP contribution in [0.4, 0.5) is 10.1 Å². The summed E-state index contributed by atoms with van der Waals surface area (Å²) in [5, 5.41) is 11.9. The molecule has 212 valence electrons. The Kier molecular flexibility index (Phi) is 9.21. The Hall–Kier alpha value is -3.76. The zero-order valence-electron chi connectivity index (χ0n) is 22.5. The van der Waals surface area contributed by atoms with E-state index in [0.29, 0.717) is 25.7 Å². The van der Waals surface area contributed by atoms with Crippen molar-refractivity contribution >= 4 is 27.6 Å². The van der Waals surface area contributed by atoms with E-state index in [1.54, 1.807) is 48.3 Å². The quantitative estimate of drug-likeness (QED) is 0.326. The molecule has 40 heavy (non-hydrogen) atoms. The highest BCUT2D eigenvalue weighted by Gasteiger charge is 2.29. The number of carboxylic acid groups (broad SMARTS) is 1. The van der Waals surface area contributed by atoms with Gasteiger partial charge in [-0.15, -0.1) is 0 Å². The van der Waals surface area contributed by atoms with Gasteiger partial charge < -0.3 is 15.3 Å². The highest BCUT2D eigenvalue weighted by atomic mass is 32.2. The van der Waals surface area contributed by atoms with E-state index in [4.69, 9.17) is 5.11 Å². The van der Waals surface area contributed by atoms with Gasteiger partial charge in [0.25, 0.3) is 0 Å². The number of hydrogen-bond donors (Lipinski definition) is 3. The highest BCUT2D eigenvalue weighted by Crippen LogP contribution is 2.28. The van der Waals surface area contributed by atoms with Gasteiger partial charge in [-0.3, -0.25) is 9.59 Å². The van der Waals surface area contributed by atoms with Crippen molar-refractivity contribution in [1.82, 2.24) is 10.0 Å². The van der Waals surface area contributed by atoms with Crippen LogP contribution in [0.3, 0.4) is 0 Å². The molecule has 0 bridgehead atoms. The molecule has 4 rings (SSSR count). The van der Waals surface area contributed by atoms with Gasteiger partial charge in [0.15, 0.2) is 0 Å². The Bertz CT molecular complexity index is 1420. The van der Waals surface area contributed by atoms with Crippen molar-refractivity contribution in [2.75, 3.05) is 18.5 Å². The number of rotatable bonds is 10. The molecule has 1 atom stereocenters. The third-order valence-electron chi connectivity index (χ3n) is 7.33. The molecule has 0 aliphatic heterocycles. The second-order valence-corrected chi connectivity index (χ2v) is 12.0. The fourth-order valence-corrected chi connectivity index (χ4v) is 6.26. The summed E-state index contributed by atoms with van der Waals surface area (Å²) < 4.78 is 42.0. The summed E-state index contributed by atoms with van der Waals surface area (Å²) in [5.41, 5.74) is 3.31. The van der Waals surface area contributed by atoms with E-state index in [1.165, 1.54) is 12.1 Å². The van der Waals surface area contributed by atoms with E-state index in [-0.39, 0.29) is 41.2 Å². The van der Waals surface area contributed by atoms with Gasteiger partial charge in [-0.2, -0.15) is 0 Å². The van der Waals surface area contributed by atoms with E-state index in [2.05, 4.69) is 10.0 Å². The third-order valence-corrected chi connectivity index (χ3v) is 8.86. The number of halogens is 1. The van der Waals surface area contributed by atoms with Crippen LogP contribution in [-0.2, 0) is 19.6 Å². The summed E-state index contributed by atoms with van der Waals surface area (Å²) in [6.07, 6.45) is 2.27. The van der Waals surface area contributed by atoms with E-state index in [0.717, 1.165) is 22.4 Å². The lowest BCUT2D eigenvalue weighted by atomic mass is 9.85. The molecule has 1 aliphatic carbocycles. The molecule has 10 heteroatoms. The lowest BCUT2D eigenvalue weighted by Crippen LogP contribution is -2.41. The normalized spacial score (nSPS) is 18.1. The maximum Gasteiger partial charge on any atom is 0.323 e. The smallest absolute Gasteiger partial charge is 0.323 e. The third kappa shape index (κ3) is 7.45. The van der Waals surface area contributed by atoms with Crippen LogP contribution in [0.5, 0.6) is 0 Å². The van der Waals surface area contributed by atoms with Crippen LogP contribution in [0.25, 0.3) is 11.1 Å². The fourth-order valence-electron chi connectivity index (χ4n) is 4.96. The van der Waals surface area contributed by atoms with Gasteiger partial charge in [0.05, 0.1) is 10.9 Å². The van der Waals surface area contributed by atoms with Crippen LogP contribution in [0.1, 0.15) is 44.2 Å². The first kappa shape index (κ1) is 29.2. The average Bonchev–Trinajstić information content (AvgIpc) is 2.93. The standard InChI is InChI=1S/C30H34FN3O5S/c1-20(21-3-11-25(31)12-4-21)32-30(37)24-5-13-26(14-6-24)33-40(38,39)28-17-9-23(10-18-28)22-7-15-27(16-8-22)34(2)19-29(35)36/h3-4,7-12,15-18,20,24,26,33H,5-6,13-14,19H2,1-2H3,(H,32,37)(H,35,36)/t20-,24-,26-/m1/s1. The summed E-state index contributed by atoms with van der Waals surface area (Å²) in [6, 6.07) is 19.5. The minimum Gasteiger partial charge on any atom is -0.480 e. The molecule has 1 saturated carbocycles. The number of likely N-dealkylation sites (N-methyl/N-ethyl adjacent to an activating group) is 1. The number of carboxylic acids is 1. The summed E-state index contributed by atoms with van der Waals surface area (Å²) in [6.45, 7) is 1.75. The van der Waals surface area contributed by atoms with Gasteiger partial charge in [-0.05, 0) is 85.7 Å². The van der Waals surface area contributed by atoms with Crippen LogP contribution in [0.2, 0.25) is 0 Å². The maximum absolute atomic E-state index is 13.2. The van der Waals surface area contributed by atoms with E-state index < -0.39 is 16.0 Å². The molecular formula is C30H34FN3O5S. The fraction of sp³-hybridized carbons (Fsp3) is 0.333. The predicted molar refractivity (Wildman–Crippen MR) is 152 cm³/mol. The number of sulfonamides is 1. The molecule has 3 aromatic carbocycles. The van der Waals surface area contributed by atoms with Gasteiger partial charge in [-0.1, -0.05) is 36.4 Å². The lowest BCUT2D eigenvalue weighted by molar-refractivity contribution is -0.135. The molecule has 3 aromatic rings. The molecule has 3 N–H and O–H groups in total. The van der Waals surface area contributed by atoms with Gasteiger partial charge >= 0.3 is 5.97 Å². The van der Waals surface area contributed by atoms with Crippen molar-refractivity contribution in [3.05, 3.63) is 84.2 Å². The number of anilines is 1. The number of carbonyl (C=O) groups excluding carboxylic acids is 1. The molecule has 0 spiro atoms. The van der Waals surface area contributed by atoms with Crippen molar-refractivity contribution in [1.29, 1.82) is 0 Å². The van der Waals surface area contributed by atoms with Crippen molar-refractivity contribution in [2.24, 2.45) is 5.92 Å². The molecule has 0 unspecified atom stereocenters. The van der Waals surface area contributed by atoms with E-state index in [1.807, 2.05) is 31.2 Å². The molecule has 0 aromatic heterocycles. The number of hydrogen-bond acceptors (Lipinski definition) is 5. The second kappa shape index (κ2) is 12.6. The summed E-state index contributed by atoms with van der Waals surface area (Å²) in [4.78, 5) is 25.5.